The first-order valence-corrected chi connectivity index (χ1v) is 7.75. The average Bonchev–Trinajstić information content (AvgIpc) is 2.64. The van der Waals surface area contributed by atoms with E-state index < -0.39 is 10.0 Å². The van der Waals surface area contributed by atoms with Crippen molar-refractivity contribution in [3.05, 3.63) is 0 Å². The van der Waals surface area contributed by atoms with E-state index in [0.717, 1.165) is 26.1 Å². The van der Waals surface area contributed by atoms with Crippen LogP contribution in [0, 0.1) is 0 Å². The van der Waals surface area contributed by atoms with Gasteiger partial charge in [-0.05, 0) is 33.9 Å². The predicted molar refractivity (Wildman–Crippen MR) is 68.5 cm³/mol. The van der Waals surface area contributed by atoms with E-state index in [2.05, 4.69) is 10.2 Å². The van der Waals surface area contributed by atoms with Crippen LogP contribution < -0.4 is 5.32 Å². The van der Waals surface area contributed by atoms with Crippen LogP contribution in [-0.2, 0) is 10.0 Å². The minimum Gasteiger partial charge on any atom is -0.314 e. The topological polar surface area (TPSA) is 52.7 Å². The zero-order valence-electron chi connectivity index (χ0n) is 10.9. The van der Waals surface area contributed by atoms with Crippen molar-refractivity contribution >= 4 is 10.0 Å². The third-order valence-electron chi connectivity index (χ3n) is 3.80. The second-order valence-electron chi connectivity index (χ2n) is 5.78. The Kier molecular flexibility index (Phi) is 3.51. The third kappa shape index (κ3) is 2.50. The molecule has 2 aliphatic heterocycles. The van der Waals surface area contributed by atoms with Crippen molar-refractivity contribution in [1.82, 2.24) is 14.5 Å². The summed E-state index contributed by atoms with van der Waals surface area (Å²) in [5, 5.41) is 3.04. The molecule has 17 heavy (non-hydrogen) atoms. The average molecular weight is 261 g/mol. The number of likely N-dealkylation sites (tertiary alicyclic amines) is 1. The Morgan fingerprint density at radius 2 is 2.00 bits per heavy atom. The Hall–Kier alpha value is -0.170. The SMILES string of the molecule is CN1CCC(S(=O)(=O)N2CCNCC2(C)C)C1. The number of nitrogens with one attached hydrogen (secondary N) is 1. The summed E-state index contributed by atoms with van der Waals surface area (Å²) in [4.78, 5) is 2.09. The Morgan fingerprint density at radius 3 is 2.53 bits per heavy atom. The van der Waals surface area contributed by atoms with Crippen LogP contribution in [0.4, 0.5) is 0 Å². The molecule has 1 atom stereocenters. The van der Waals surface area contributed by atoms with Gasteiger partial charge in [0.1, 0.15) is 0 Å². The van der Waals surface area contributed by atoms with Crippen LogP contribution in [0.15, 0.2) is 0 Å². The highest BCUT2D eigenvalue weighted by atomic mass is 32.2. The minimum atomic E-state index is -3.15. The van der Waals surface area contributed by atoms with Gasteiger partial charge in [0.05, 0.1) is 5.25 Å². The van der Waals surface area contributed by atoms with E-state index in [9.17, 15) is 8.42 Å². The Morgan fingerprint density at radius 1 is 1.29 bits per heavy atom. The monoisotopic (exact) mass is 261 g/mol. The Balaban J connectivity index is 2.19. The normalized spacial score (nSPS) is 31.8. The molecule has 1 N–H and O–H groups in total. The van der Waals surface area contributed by atoms with E-state index in [-0.39, 0.29) is 10.8 Å². The van der Waals surface area contributed by atoms with Gasteiger partial charge in [0.25, 0.3) is 0 Å². The molecule has 0 spiro atoms. The van der Waals surface area contributed by atoms with Crippen LogP contribution in [0.25, 0.3) is 0 Å². The molecule has 0 radical (unpaired) electrons. The largest absolute Gasteiger partial charge is 0.314 e. The van der Waals surface area contributed by atoms with Gasteiger partial charge in [0.2, 0.25) is 10.0 Å². The van der Waals surface area contributed by atoms with E-state index in [1.807, 2.05) is 20.9 Å². The van der Waals surface area contributed by atoms with Gasteiger partial charge in [-0.15, -0.1) is 0 Å². The van der Waals surface area contributed by atoms with Crippen LogP contribution in [0.5, 0.6) is 0 Å². The second kappa shape index (κ2) is 4.50. The van der Waals surface area contributed by atoms with Gasteiger partial charge in [-0.25, -0.2) is 8.42 Å². The van der Waals surface area contributed by atoms with Crippen molar-refractivity contribution in [3.63, 3.8) is 0 Å². The number of rotatable bonds is 2. The maximum absolute atomic E-state index is 12.6. The van der Waals surface area contributed by atoms with Gasteiger partial charge in [0.15, 0.2) is 0 Å². The molecule has 5 nitrogen and oxygen atoms in total. The molecule has 2 saturated heterocycles. The lowest BCUT2D eigenvalue weighted by Crippen LogP contribution is -2.61. The predicted octanol–water partition coefficient (Wildman–Crippen LogP) is -0.296. The summed E-state index contributed by atoms with van der Waals surface area (Å²) < 4.78 is 26.9. The highest BCUT2D eigenvalue weighted by Crippen LogP contribution is 2.26. The standard InChI is InChI=1S/C11H23N3O2S/c1-11(2)9-12-5-7-14(11)17(15,16)10-4-6-13(3)8-10/h10,12H,4-9H2,1-3H3. The molecule has 6 heteroatoms. The zero-order chi connectivity index (χ0) is 12.7. The van der Waals surface area contributed by atoms with Crippen LogP contribution in [-0.4, -0.2) is 68.2 Å². The van der Waals surface area contributed by atoms with Crippen molar-refractivity contribution < 1.29 is 8.42 Å². The minimum absolute atomic E-state index is 0.218. The molecule has 0 aliphatic carbocycles. The molecular formula is C11H23N3O2S. The molecule has 0 amide bonds. The van der Waals surface area contributed by atoms with E-state index >= 15 is 0 Å². The summed E-state index contributed by atoms with van der Waals surface area (Å²) in [5.41, 5.74) is -0.307. The maximum Gasteiger partial charge on any atom is 0.218 e. The molecule has 100 valence electrons. The van der Waals surface area contributed by atoms with Crippen molar-refractivity contribution in [1.29, 1.82) is 0 Å². The first-order chi connectivity index (χ1) is 7.84. The van der Waals surface area contributed by atoms with Gasteiger partial charge in [0, 0.05) is 31.7 Å². The first kappa shape index (κ1) is 13.3. The quantitative estimate of drug-likeness (QED) is 0.742. The molecule has 2 rings (SSSR count). The summed E-state index contributed by atoms with van der Waals surface area (Å²) in [6, 6.07) is 0. The molecule has 2 aliphatic rings. The maximum atomic E-state index is 12.6. The molecule has 0 bridgehead atoms. The number of hydrogen-bond donors (Lipinski definition) is 1. The fraction of sp³-hybridized carbons (Fsp3) is 1.00. The van der Waals surface area contributed by atoms with E-state index in [1.54, 1.807) is 4.31 Å². The van der Waals surface area contributed by atoms with E-state index in [1.165, 1.54) is 0 Å². The second-order valence-corrected chi connectivity index (χ2v) is 7.92. The molecule has 2 fully saturated rings. The van der Waals surface area contributed by atoms with Gasteiger partial charge in [-0.3, -0.25) is 0 Å². The lowest BCUT2D eigenvalue weighted by atomic mass is 10.0. The van der Waals surface area contributed by atoms with Gasteiger partial charge >= 0.3 is 0 Å². The highest BCUT2D eigenvalue weighted by Gasteiger charge is 2.43. The zero-order valence-corrected chi connectivity index (χ0v) is 11.8. The fourth-order valence-electron chi connectivity index (χ4n) is 2.76. The summed E-state index contributed by atoms with van der Waals surface area (Å²) in [5.74, 6) is 0. The summed E-state index contributed by atoms with van der Waals surface area (Å²) in [7, 11) is -1.17. The van der Waals surface area contributed by atoms with Gasteiger partial charge in [-0.2, -0.15) is 4.31 Å². The lowest BCUT2D eigenvalue weighted by molar-refractivity contribution is 0.184. The lowest BCUT2D eigenvalue weighted by Gasteiger charge is -2.42. The van der Waals surface area contributed by atoms with Gasteiger partial charge in [-0.1, -0.05) is 0 Å². The van der Waals surface area contributed by atoms with E-state index in [0.29, 0.717) is 13.1 Å². The van der Waals surface area contributed by atoms with Crippen molar-refractivity contribution in [2.75, 3.05) is 39.8 Å². The summed E-state index contributed by atoms with van der Waals surface area (Å²) in [6.07, 6.45) is 0.763. The van der Waals surface area contributed by atoms with Crippen LogP contribution in [0.2, 0.25) is 0 Å². The van der Waals surface area contributed by atoms with Crippen molar-refractivity contribution in [3.8, 4) is 0 Å². The first-order valence-electron chi connectivity index (χ1n) is 6.25. The smallest absolute Gasteiger partial charge is 0.218 e. The summed E-state index contributed by atoms with van der Waals surface area (Å²) >= 11 is 0. The number of nitrogens with zero attached hydrogens (tertiary/aromatic N) is 2. The van der Waals surface area contributed by atoms with Crippen LogP contribution >= 0.6 is 0 Å². The number of hydrogen-bond acceptors (Lipinski definition) is 4. The molecular weight excluding hydrogens is 238 g/mol. The molecule has 2 heterocycles. The van der Waals surface area contributed by atoms with Crippen LogP contribution in [0.1, 0.15) is 20.3 Å². The number of sulfonamides is 1. The number of piperazine rings is 1. The Bertz CT molecular complexity index is 380. The highest BCUT2D eigenvalue weighted by molar-refractivity contribution is 7.89. The van der Waals surface area contributed by atoms with Gasteiger partial charge < -0.3 is 10.2 Å². The molecule has 1 unspecified atom stereocenters. The van der Waals surface area contributed by atoms with Crippen molar-refractivity contribution in [2.24, 2.45) is 0 Å². The summed E-state index contributed by atoms with van der Waals surface area (Å²) in [6.45, 7) is 7.62. The molecule has 0 aromatic heterocycles. The van der Waals surface area contributed by atoms with Crippen molar-refractivity contribution in [2.45, 2.75) is 31.1 Å². The molecule has 0 aromatic rings. The fourth-order valence-corrected chi connectivity index (χ4v) is 5.06. The van der Waals surface area contributed by atoms with E-state index in [4.69, 9.17) is 0 Å². The third-order valence-corrected chi connectivity index (χ3v) is 6.32. The molecule has 0 saturated carbocycles. The molecule has 0 aromatic carbocycles. The van der Waals surface area contributed by atoms with Crippen LogP contribution in [0.3, 0.4) is 0 Å². The Labute approximate surface area is 104 Å².